The molecule has 0 saturated heterocycles. The maximum Gasteiger partial charge on any atom is 0.159 e. The number of aryl methyl sites for hydroxylation is 2. The summed E-state index contributed by atoms with van der Waals surface area (Å²) in [6.07, 6.45) is 1.88. The van der Waals surface area contributed by atoms with Gasteiger partial charge in [-0.05, 0) is 38.1 Å². The molecule has 1 N–H and O–H groups in total. The molecule has 0 amide bonds. The van der Waals surface area contributed by atoms with E-state index in [1.807, 2.05) is 26.2 Å². The largest absolute Gasteiger partial charge is 0.314 e. The van der Waals surface area contributed by atoms with E-state index in [1.54, 1.807) is 0 Å². The van der Waals surface area contributed by atoms with Gasteiger partial charge in [-0.15, -0.1) is 0 Å². The van der Waals surface area contributed by atoms with Crippen molar-refractivity contribution in [3.05, 3.63) is 45.7 Å². The summed E-state index contributed by atoms with van der Waals surface area (Å²) < 4.78 is 1.08. The smallest absolute Gasteiger partial charge is 0.159 e. The third kappa shape index (κ3) is 2.76. The SMILES string of the molecule is CNCc1nc(-c2ccc(C)c(Br)c2)ncc1C. The quantitative estimate of drug-likeness (QED) is 0.946. The summed E-state index contributed by atoms with van der Waals surface area (Å²) in [5, 5.41) is 3.12. The van der Waals surface area contributed by atoms with Crippen LogP contribution < -0.4 is 5.32 Å². The van der Waals surface area contributed by atoms with Gasteiger partial charge in [0.25, 0.3) is 0 Å². The molecule has 0 bridgehead atoms. The Kier molecular flexibility index (Phi) is 4.09. The zero-order valence-electron chi connectivity index (χ0n) is 10.8. The van der Waals surface area contributed by atoms with Crippen molar-refractivity contribution < 1.29 is 0 Å². The Hall–Kier alpha value is -1.26. The van der Waals surface area contributed by atoms with Gasteiger partial charge in [-0.25, -0.2) is 9.97 Å². The lowest BCUT2D eigenvalue weighted by Gasteiger charge is -2.08. The number of aromatic nitrogens is 2. The van der Waals surface area contributed by atoms with Crippen LogP contribution in [0, 0.1) is 13.8 Å². The second-order valence-electron chi connectivity index (χ2n) is 4.32. The first-order chi connectivity index (χ1) is 8.61. The summed E-state index contributed by atoms with van der Waals surface area (Å²) in [4.78, 5) is 9.01. The first kappa shape index (κ1) is 13.2. The highest BCUT2D eigenvalue weighted by Gasteiger charge is 2.06. The topological polar surface area (TPSA) is 37.8 Å². The van der Waals surface area contributed by atoms with Crippen LogP contribution in [0.1, 0.15) is 16.8 Å². The van der Waals surface area contributed by atoms with Crippen molar-refractivity contribution in [3.8, 4) is 11.4 Å². The fourth-order valence-electron chi connectivity index (χ4n) is 1.69. The zero-order valence-corrected chi connectivity index (χ0v) is 12.4. The third-order valence-electron chi connectivity index (χ3n) is 2.85. The number of benzene rings is 1. The molecule has 0 aliphatic rings. The Labute approximate surface area is 116 Å². The van der Waals surface area contributed by atoms with Gasteiger partial charge in [0, 0.05) is 22.8 Å². The first-order valence-electron chi connectivity index (χ1n) is 5.85. The van der Waals surface area contributed by atoms with Crippen LogP contribution in [-0.4, -0.2) is 17.0 Å². The number of rotatable bonds is 3. The predicted octanol–water partition coefficient (Wildman–Crippen LogP) is 3.24. The summed E-state index contributed by atoms with van der Waals surface area (Å²) in [5.74, 6) is 0.770. The van der Waals surface area contributed by atoms with Crippen LogP contribution in [0.3, 0.4) is 0 Å². The molecule has 0 fully saturated rings. The van der Waals surface area contributed by atoms with E-state index >= 15 is 0 Å². The monoisotopic (exact) mass is 305 g/mol. The Bertz CT molecular complexity index is 567. The average molecular weight is 306 g/mol. The van der Waals surface area contributed by atoms with Gasteiger partial charge in [0.1, 0.15) is 0 Å². The van der Waals surface area contributed by atoms with Crippen molar-refractivity contribution in [1.29, 1.82) is 0 Å². The molecular formula is C14H16BrN3. The molecule has 4 heteroatoms. The second-order valence-corrected chi connectivity index (χ2v) is 5.17. The molecular weight excluding hydrogens is 290 g/mol. The van der Waals surface area contributed by atoms with E-state index in [0.29, 0.717) is 0 Å². The highest BCUT2D eigenvalue weighted by Crippen LogP contribution is 2.23. The van der Waals surface area contributed by atoms with Gasteiger partial charge in [-0.2, -0.15) is 0 Å². The lowest BCUT2D eigenvalue weighted by molar-refractivity contribution is 0.779. The molecule has 2 rings (SSSR count). The summed E-state index contributed by atoms with van der Waals surface area (Å²) in [7, 11) is 1.92. The van der Waals surface area contributed by atoms with Crippen LogP contribution in [0.4, 0.5) is 0 Å². The Morgan fingerprint density at radius 2 is 2.00 bits per heavy atom. The lowest BCUT2D eigenvalue weighted by atomic mass is 10.1. The minimum atomic E-state index is 0.758. The van der Waals surface area contributed by atoms with Crippen LogP contribution in [0.25, 0.3) is 11.4 Å². The van der Waals surface area contributed by atoms with Crippen molar-refractivity contribution in [1.82, 2.24) is 15.3 Å². The number of hydrogen-bond donors (Lipinski definition) is 1. The molecule has 0 aliphatic heterocycles. The fraction of sp³-hybridized carbons (Fsp3) is 0.286. The zero-order chi connectivity index (χ0) is 13.1. The van der Waals surface area contributed by atoms with Crippen molar-refractivity contribution in [2.75, 3.05) is 7.05 Å². The van der Waals surface area contributed by atoms with Crippen molar-refractivity contribution in [3.63, 3.8) is 0 Å². The van der Waals surface area contributed by atoms with Gasteiger partial charge in [0.15, 0.2) is 5.82 Å². The van der Waals surface area contributed by atoms with Gasteiger partial charge >= 0.3 is 0 Å². The molecule has 0 unspecified atom stereocenters. The van der Waals surface area contributed by atoms with Gasteiger partial charge in [0.2, 0.25) is 0 Å². The van der Waals surface area contributed by atoms with E-state index in [0.717, 1.165) is 33.7 Å². The van der Waals surface area contributed by atoms with E-state index in [-0.39, 0.29) is 0 Å². The summed E-state index contributed by atoms with van der Waals surface area (Å²) in [5.41, 5.74) is 4.39. The van der Waals surface area contributed by atoms with Crippen LogP contribution in [0.2, 0.25) is 0 Å². The summed E-state index contributed by atoms with van der Waals surface area (Å²) in [6.45, 7) is 4.85. The molecule has 2 aromatic rings. The predicted molar refractivity (Wildman–Crippen MR) is 77.4 cm³/mol. The van der Waals surface area contributed by atoms with Crippen molar-refractivity contribution >= 4 is 15.9 Å². The van der Waals surface area contributed by atoms with E-state index in [1.165, 1.54) is 5.56 Å². The molecule has 0 aliphatic carbocycles. The number of hydrogen-bond acceptors (Lipinski definition) is 3. The number of nitrogens with zero attached hydrogens (tertiary/aromatic N) is 2. The van der Waals surface area contributed by atoms with Gasteiger partial charge in [0.05, 0.1) is 5.69 Å². The van der Waals surface area contributed by atoms with E-state index in [9.17, 15) is 0 Å². The maximum atomic E-state index is 4.61. The number of nitrogens with one attached hydrogen (secondary N) is 1. The van der Waals surface area contributed by atoms with Crippen LogP contribution >= 0.6 is 15.9 Å². The molecule has 1 aromatic heterocycles. The normalized spacial score (nSPS) is 10.7. The molecule has 18 heavy (non-hydrogen) atoms. The summed E-state index contributed by atoms with van der Waals surface area (Å²) >= 11 is 3.54. The second kappa shape index (κ2) is 5.59. The Morgan fingerprint density at radius 3 is 2.67 bits per heavy atom. The minimum Gasteiger partial charge on any atom is -0.314 e. The van der Waals surface area contributed by atoms with Gasteiger partial charge in [-0.3, -0.25) is 0 Å². The van der Waals surface area contributed by atoms with E-state index < -0.39 is 0 Å². The van der Waals surface area contributed by atoms with Crippen LogP contribution in [0.15, 0.2) is 28.9 Å². The highest BCUT2D eigenvalue weighted by atomic mass is 79.9. The van der Waals surface area contributed by atoms with E-state index in [2.05, 4.69) is 50.3 Å². The summed E-state index contributed by atoms with van der Waals surface area (Å²) in [6, 6.07) is 6.18. The van der Waals surface area contributed by atoms with Crippen molar-refractivity contribution in [2.45, 2.75) is 20.4 Å². The molecule has 3 nitrogen and oxygen atoms in total. The lowest BCUT2D eigenvalue weighted by Crippen LogP contribution is -2.09. The molecule has 94 valence electrons. The molecule has 0 radical (unpaired) electrons. The molecule has 0 saturated carbocycles. The van der Waals surface area contributed by atoms with E-state index in [4.69, 9.17) is 0 Å². The maximum absolute atomic E-state index is 4.61. The Morgan fingerprint density at radius 1 is 1.22 bits per heavy atom. The minimum absolute atomic E-state index is 0.758. The van der Waals surface area contributed by atoms with Crippen LogP contribution in [0.5, 0.6) is 0 Å². The third-order valence-corrected chi connectivity index (χ3v) is 3.71. The van der Waals surface area contributed by atoms with Gasteiger partial charge in [-0.1, -0.05) is 28.1 Å². The molecule has 1 heterocycles. The molecule has 0 spiro atoms. The fourth-order valence-corrected chi connectivity index (χ4v) is 2.07. The first-order valence-corrected chi connectivity index (χ1v) is 6.64. The van der Waals surface area contributed by atoms with Crippen LogP contribution in [-0.2, 0) is 6.54 Å². The molecule has 1 aromatic carbocycles. The Balaban J connectivity index is 2.44. The van der Waals surface area contributed by atoms with Crippen molar-refractivity contribution in [2.24, 2.45) is 0 Å². The average Bonchev–Trinajstić information content (AvgIpc) is 2.36. The number of halogens is 1. The molecule has 0 atom stereocenters. The van der Waals surface area contributed by atoms with Gasteiger partial charge < -0.3 is 5.32 Å². The highest BCUT2D eigenvalue weighted by molar-refractivity contribution is 9.10. The standard InChI is InChI=1S/C14H16BrN3/c1-9-4-5-11(6-12(9)15)14-17-7-10(2)13(18-14)8-16-3/h4-7,16H,8H2,1-3H3.